The highest BCUT2D eigenvalue weighted by Gasteiger charge is 2.20. The van der Waals surface area contributed by atoms with E-state index in [-0.39, 0.29) is 0 Å². The summed E-state index contributed by atoms with van der Waals surface area (Å²) >= 11 is 0. The highest BCUT2D eigenvalue weighted by Crippen LogP contribution is 2.47. The van der Waals surface area contributed by atoms with Gasteiger partial charge in [0, 0.05) is 27.6 Å². The maximum Gasteiger partial charge on any atom is 0.160 e. The fraction of sp³-hybridized carbons (Fsp3) is 0. The zero-order valence-electron chi connectivity index (χ0n) is 25.5. The Hall–Kier alpha value is -6.32. The molecule has 0 radical (unpaired) electrons. The second kappa shape index (κ2) is 11.2. The van der Waals surface area contributed by atoms with Gasteiger partial charge >= 0.3 is 0 Å². The van der Waals surface area contributed by atoms with Gasteiger partial charge in [0.1, 0.15) is 11.5 Å². The van der Waals surface area contributed by atoms with E-state index < -0.39 is 0 Å². The lowest BCUT2D eigenvalue weighted by Crippen LogP contribution is -1.97. The zero-order valence-corrected chi connectivity index (χ0v) is 25.5. The highest BCUT2D eigenvalue weighted by atomic mass is 16.5. The average molecular weight is 601 g/mol. The number of fused-ring (bicyclic) bond motifs is 2. The summed E-state index contributed by atoms with van der Waals surface area (Å²) in [6.45, 7) is 0. The lowest BCUT2D eigenvalue weighted by Gasteiger charge is -2.22. The van der Waals surface area contributed by atoms with Crippen molar-refractivity contribution in [2.24, 2.45) is 0 Å². The molecule has 3 nitrogen and oxygen atoms in total. The summed E-state index contributed by atoms with van der Waals surface area (Å²) < 4.78 is 6.34. The summed E-state index contributed by atoms with van der Waals surface area (Å²) in [7, 11) is 0. The quantitative estimate of drug-likeness (QED) is 0.197. The van der Waals surface area contributed by atoms with E-state index in [0.29, 0.717) is 5.82 Å². The van der Waals surface area contributed by atoms with Crippen molar-refractivity contribution in [1.29, 1.82) is 0 Å². The zero-order chi connectivity index (χ0) is 31.2. The third kappa shape index (κ3) is 4.86. The molecule has 9 rings (SSSR count). The molecule has 0 aliphatic carbocycles. The van der Waals surface area contributed by atoms with Crippen molar-refractivity contribution in [1.82, 2.24) is 9.97 Å². The monoisotopic (exact) mass is 600 g/mol. The Kier molecular flexibility index (Phi) is 6.46. The normalized spacial score (nSPS) is 11.6. The van der Waals surface area contributed by atoms with Crippen LogP contribution >= 0.6 is 0 Å². The smallest absolute Gasteiger partial charge is 0.160 e. The molecule has 220 valence electrons. The van der Waals surface area contributed by atoms with Gasteiger partial charge in [0.2, 0.25) is 0 Å². The molecule has 0 unspecified atom stereocenters. The molecule has 0 bridgehead atoms. The van der Waals surface area contributed by atoms with E-state index >= 15 is 0 Å². The van der Waals surface area contributed by atoms with E-state index in [1.54, 1.807) is 0 Å². The molecule has 8 aromatic rings. The molecular formula is C44H28N2O. The fourth-order valence-corrected chi connectivity index (χ4v) is 6.60. The summed E-state index contributed by atoms with van der Waals surface area (Å²) in [5.74, 6) is 2.50. The molecule has 47 heavy (non-hydrogen) atoms. The van der Waals surface area contributed by atoms with Crippen LogP contribution in [0.2, 0.25) is 0 Å². The molecule has 0 atom stereocenters. The third-order valence-corrected chi connectivity index (χ3v) is 8.92. The molecule has 0 spiro atoms. The van der Waals surface area contributed by atoms with E-state index in [4.69, 9.17) is 14.7 Å². The first-order valence-electron chi connectivity index (χ1n) is 15.8. The standard InChI is InChI=1S/C44H28N2O/c1-3-11-30(12-4-1)35-17-7-8-18-36(35)40-28-39(45-44(46-40)33-13-5-2-6-14-33)31-23-21-29(22-24-31)34-25-26-41-38(27-34)37-19-9-15-32-16-10-20-42(47-41)43(32)37/h1-28H. The second-order valence-corrected chi connectivity index (χ2v) is 11.8. The topological polar surface area (TPSA) is 35.0 Å². The van der Waals surface area contributed by atoms with Crippen molar-refractivity contribution in [2.45, 2.75) is 0 Å². The van der Waals surface area contributed by atoms with Gasteiger partial charge in [0.15, 0.2) is 5.82 Å². The molecular weight excluding hydrogens is 572 g/mol. The van der Waals surface area contributed by atoms with Crippen molar-refractivity contribution in [3.63, 3.8) is 0 Å². The van der Waals surface area contributed by atoms with Crippen molar-refractivity contribution < 1.29 is 4.74 Å². The number of rotatable bonds is 5. The summed E-state index contributed by atoms with van der Waals surface area (Å²) in [5.41, 5.74) is 11.7. The summed E-state index contributed by atoms with van der Waals surface area (Å²) in [4.78, 5) is 10.2. The Morgan fingerprint density at radius 3 is 1.74 bits per heavy atom. The van der Waals surface area contributed by atoms with E-state index in [1.165, 1.54) is 10.9 Å². The molecule has 3 heteroatoms. The van der Waals surface area contributed by atoms with Crippen molar-refractivity contribution >= 4 is 10.8 Å². The molecule has 2 heterocycles. The van der Waals surface area contributed by atoms with Gasteiger partial charge in [-0.1, -0.05) is 146 Å². The summed E-state index contributed by atoms with van der Waals surface area (Å²) in [5, 5.41) is 2.35. The first kappa shape index (κ1) is 27.0. The lowest BCUT2D eigenvalue weighted by molar-refractivity contribution is 0.487. The van der Waals surface area contributed by atoms with Crippen LogP contribution in [0.3, 0.4) is 0 Å². The molecule has 0 N–H and O–H groups in total. The minimum Gasteiger partial charge on any atom is -0.456 e. The van der Waals surface area contributed by atoms with Crippen LogP contribution in [0.4, 0.5) is 0 Å². The molecule has 1 aliphatic rings. The fourth-order valence-electron chi connectivity index (χ4n) is 6.60. The largest absolute Gasteiger partial charge is 0.456 e. The van der Waals surface area contributed by atoms with Gasteiger partial charge < -0.3 is 4.74 Å². The molecule has 0 saturated carbocycles. The molecule has 0 saturated heterocycles. The van der Waals surface area contributed by atoms with Gasteiger partial charge in [0.05, 0.1) is 11.4 Å². The van der Waals surface area contributed by atoms with Crippen LogP contribution in [-0.4, -0.2) is 9.97 Å². The van der Waals surface area contributed by atoms with Crippen molar-refractivity contribution in [2.75, 3.05) is 0 Å². The highest BCUT2D eigenvalue weighted by molar-refractivity contribution is 6.04. The summed E-state index contributed by atoms with van der Waals surface area (Å²) in [6, 6.07) is 59.1. The van der Waals surface area contributed by atoms with Crippen LogP contribution in [0.5, 0.6) is 11.5 Å². The van der Waals surface area contributed by atoms with Gasteiger partial charge in [-0.25, -0.2) is 9.97 Å². The van der Waals surface area contributed by atoms with Crippen LogP contribution in [0.25, 0.3) is 78.1 Å². The molecule has 0 amide bonds. The van der Waals surface area contributed by atoms with E-state index in [2.05, 4.69) is 133 Å². The number of hydrogen-bond donors (Lipinski definition) is 0. The van der Waals surface area contributed by atoms with Crippen LogP contribution < -0.4 is 4.74 Å². The third-order valence-electron chi connectivity index (χ3n) is 8.92. The van der Waals surface area contributed by atoms with E-state index in [1.807, 2.05) is 36.4 Å². The number of ether oxygens (including phenoxy) is 1. The second-order valence-electron chi connectivity index (χ2n) is 11.8. The van der Waals surface area contributed by atoms with Crippen LogP contribution in [0.15, 0.2) is 170 Å². The van der Waals surface area contributed by atoms with Crippen LogP contribution in [0, 0.1) is 0 Å². The molecule has 7 aromatic carbocycles. The average Bonchev–Trinajstić information content (AvgIpc) is 3.15. The summed E-state index contributed by atoms with van der Waals surface area (Å²) in [6.07, 6.45) is 0. The Morgan fingerprint density at radius 2 is 0.957 bits per heavy atom. The Bertz CT molecular complexity index is 2410. The van der Waals surface area contributed by atoms with E-state index in [0.717, 1.165) is 72.8 Å². The van der Waals surface area contributed by atoms with Crippen molar-refractivity contribution in [3.05, 3.63) is 170 Å². The first-order chi connectivity index (χ1) is 23.3. The van der Waals surface area contributed by atoms with Gasteiger partial charge in [-0.3, -0.25) is 0 Å². The maximum atomic E-state index is 6.34. The van der Waals surface area contributed by atoms with Crippen LogP contribution in [0.1, 0.15) is 0 Å². The first-order valence-corrected chi connectivity index (χ1v) is 15.8. The minimum absolute atomic E-state index is 0.703. The Labute approximate surface area is 273 Å². The number of nitrogens with zero attached hydrogens (tertiary/aromatic N) is 2. The molecule has 1 aliphatic heterocycles. The molecule has 1 aromatic heterocycles. The van der Waals surface area contributed by atoms with Crippen LogP contribution in [-0.2, 0) is 0 Å². The van der Waals surface area contributed by atoms with Gasteiger partial charge in [-0.15, -0.1) is 0 Å². The SMILES string of the molecule is c1ccc(-c2nc(-c3ccc(-c4ccc5c(c4)-c4cccc6cccc(c46)O5)cc3)cc(-c3ccccc3-c3ccccc3)n2)cc1. The molecule has 0 fully saturated rings. The van der Waals surface area contributed by atoms with Gasteiger partial charge in [-0.05, 0) is 57.5 Å². The maximum absolute atomic E-state index is 6.34. The number of aromatic nitrogens is 2. The van der Waals surface area contributed by atoms with E-state index in [9.17, 15) is 0 Å². The number of hydrogen-bond acceptors (Lipinski definition) is 3. The van der Waals surface area contributed by atoms with Gasteiger partial charge in [-0.2, -0.15) is 0 Å². The van der Waals surface area contributed by atoms with Crippen molar-refractivity contribution in [3.8, 4) is 78.8 Å². The number of benzene rings is 7. The predicted molar refractivity (Wildman–Crippen MR) is 192 cm³/mol. The lowest BCUT2D eigenvalue weighted by atomic mass is 9.92. The van der Waals surface area contributed by atoms with Gasteiger partial charge in [0.25, 0.3) is 0 Å². The Balaban J connectivity index is 1.13. The predicted octanol–water partition coefficient (Wildman–Crippen LogP) is 11.7. The Morgan fingerprint density at radius 1 is 0.340 bits per heavy atom. The minimum atomic E-state index is 0.703.